The molecule has 0 aliphatic carbocycles. The van der Waals surface area contributed by atoms with Gasteiger partial charge in [0.1, 0.15) is 5.75 Å². The van der Waals surface area contributed by atoms with Gasteiger partial charge >= 0.3 is 6.03 Å². The molecule has 31 heavy (non-hydrogen) atoms. The molecule has 0 bridgehead atoms. The molecule has 0 unspecified atom stereocenters. The van der Waals surface area contributed by atoms with E-state index in [2.05, 4.69) is 15.6 Å². The summed E-state index contributed by atoms with van der Waals surface area (Å²) in [6.07, 6.45) is 2.59. The Kier molecular flexibility index (Phi) is 8.08. The number of hydrogen-bond donors (Lipinski definition) is 2. The van der Waals surface area contributed by atoms with Crippen LogP contribution in [-0.2, 0) is 9.53 Å². The van der Waals surface area contributed by atoms with Crippen LogP contribution in [0.2, 0.25) is 5.02 Å². The van der Waals surface area contributed by atoms with Crippen molar-refractivity contribution in [2.24, 2.45) is 0 Å². The molecular weight excluding hydrogens is 420 g/mol. The normalized spacial score (nSPS) is 18.4. The minimum Gasteiger partial charge on any atom is -0.495 e. The van der Waals surface area contributed by atoms with E-state index in [0.29, 0.717) is 49.0 Å². The van der Waals surface area contributed by atoms with E-state index in [-0.39, 0.29) is 23.9 Å². The van der Waals surface area contributed by atoms with Crippen LogP contribution in [-0.4, -0.2) is 61.8 Å². The average molecular weight is 447 g/mol. The second-order valence-electron chi connectivity index (χ2n) is 7.31. The number of nitrogens with zero attached hydrogens (tertiary/aromatic N) is 2. The van der Waals surface area contributed by atoms with E-state index in [1.165, 1.54) is 0 Å². The highest BCUT2D eigenvalue weighted by Crippen LogP contribution is 2.28. The van der Waals surface area contributed by atoms with Gasteiger partial charge < -0.3 is 25.0 Å². The van der Waals surface area contributed by atoms with Crippen molar-refractivity contribution in [1.82, 2.24) is 15.2 Å². The minimum atomic E-state index is -0.315. The van der Waals surface area contributed by atoms with Crippen molar-refractivity contribution in [2.75, 3.05) is 39.2 Å². The molecule has 166 valence electrons. The molecule has 1 aliphatic heterocycles. The highest BCUT2D eigenvalue weighted by molar-refractivity contribution is 6.30. The molecule has 1 saturated heterocycles. The van der Waals surface area contributed by atoms with Crippen LogP contribution in [0, 0.1) is 0 Å². The maximum absolute atomic E-state index is 12.6. The van der Waals surface area contributed by atoms with E-state index in [1.807, 2.05) is 17.0 Å². The lowest BCUT2D eigenvalue weighted by atomic mass is 9.88. The van der Waals surface area contributed by atoms with E-state index in [4.69, 9.17) is 21.1 Å². The summed E-state index contributed by atoms with van der Waals surface area (Å²) in [7, 11) is 3.16. The Morgan fingerprint density at radius 1 is 1.19 bits per heavy atom. The topological polar surface area (TPSA) is 92.8 Å². The summed E-state index contributed by atoms with van der Waals surface area (Å²) in [4.78, 5) is 31.5. The molecule has 1 aliphatic rings. The number of ether oxygens (including phenoxy) is 2. The molecule has 9 heteroatoms. The maximum atomic E-state index is 12.6. The van der Waals surface area contributed by atoms with Crippen molar-refractivity contribution in [2.45, 2.75) is 24.8 Å². The van der Waals surface area contributed by atoms with Gasteiger partial charge in [-0.05, 0) is 42.8 Å². The summed E-state index contributed by atoms with van der Waals surface area (Å²) in [6, 6.07) is 10.1. The molecule has 0 radical (unpaired) electrons. The Morgan fingerprint density at radius 3 is 2.61 bits per heavy atom. The highest BCUT2D eigenvalue weighted by atomic mass is 35.5. The largest absolute Gasteiger partial charge is 0.495 e. The fourth-order valence-corrected chi connectivity index (χ4v) is 3.73. The van der Waals surface area contributed by atoms with Gasteiger partial charge in [-0.25, -0.2) is 4.79 Å². The Bertz CT molecular complexity index is 876. The van der Waals surface area contributed by atoms with Gasteiger partial charge in [0.25, 0.3) is 0 Å². The number of amides is 3. The lowest BCUT2D eigenvalue weighted by Crippen LogP contribution is -2.52. The number of carbonyl (C=O) groups excluding carboxylic acids is 2. The third-order valence-electron chi connectivity index (χ3n) is 5.28. The van der Waals surface area contributed by atoms with E-state index < -0.39 is 0 Å². The van der Waals surface area contributed by atoms with Gasteiger partial charge in [0.05, 0.1) is 26.3 Å². The van der Waals surface area contributed by atoms with Crippen molar-refractivity contribution in [3.63, 3.8) is 0 Å². The number of piperidine rings is 1. The van der Waals surface area contributed by atoms with Crippen LogP contribution in [0.15, 0.2) is 42.6 Å². The number of urea groups is 1. The third kappa shape index (κ3) is 6.32. The number of rotatable bonds is 7. The SMILES string of the molecule is COCCC(=O)N1CC[C@@H](NC(=O)Nc2ccc(Cl)cc2)[C@H](c2ccc(OC)cn2)C1. The van der Waals surface area contributed by atoms with Crippen molar-refractivity contribution < 1.29 is 19.1 Å². The van der Waals surface area contributed by atoms with Crippen molar-refractivity contribution >= 4 is 29.2 Å². The van der Waals surface area contributed by atoms with Gasteiger partial charge in [-0.1, -0.05) is 11.6 Å². The fourth-order valence-electron chi connectivity index (χ4n) is 3.60. The van der Waals surface area contributed by atoms with Gasteiger partial charge in [0, 0.05) is 48.6 Å². The highest BCUT2D eigenvalue weighted by Gasteiger charge is 2.34. The number of pyridine rings is 1. The number of nitrogens with one attached hydrogen (secondary N) is 2. The number of methoxy groups -OCH3 is 2. The van der Waals surface area contributed by atoms with Crippen LogP contribution >= 0.6 is 11.6 Å². The molecule has 2 atom stereocenters. The predicted octanol–water partition coefficient (Wildman–Crippen LogP) is 3.29. The molecule has 2 aromatic rings. The van der Waals surface area contributed by atoms with Crippen molar-refractivity contribution in [1.29, 1.82) is 0 Å². The van der Waals surface area contributed by atoms with Crippen LogP contribution < -0.4 is 15.4 Å². The minimum absolute atomic E-state index is 0.0319. The molecule has 2 heterocycles. The molecule has 0 spiro atoms. The van der Waals surface area contributed by atoms with Crippen molar-refractivity contribution in [3.8, 4) is 5.75 Å². The zero-order valence-corrected chi connectivity index (χ0v) is 18.4. The van der Waals surface area contributed by atoms with Crippen molar-refractivity contribution in [3.05, 3.63) is 53.3 Å². The second kappa shape index (κ2) is 11.0. The monoisotopic (exact) mass is 446 g/mol. The maximum Gasteiger partial charge on any atom is 0.319 e. The lowest BCUT2D eigenvalue weighted by Gasteiger charge is -2.38. The van der Waals surface area contributed by atoms with E-state index in [0.717, 1.165) is 5.69 Å². The van der Waals surface area contributed by atoms with Crippen LogP contribution in [0.3, 0.4) is 0 Å². The standard InChI is InChI=1S/C22H27ClN4O4/c1-30-12-10-21(28)27-11-9-20(18(14-27)19-8-7-17(31-2)13-24-19)26-22(29)25-16-5-3-15(23)4-6-16/h3-8,13,18,20H,9-12,14H2,1-2H3,(H2,25,26,29)/t18-,20+/m0/s1. The van der Waals surface area contributed by atoms with Gasteiger partial charge in [-0.2, -0.15) is 0 Å². The Labute approximate surface area is 186 Å². The number of carbonyl (C=O) groups is 2. The van der Waals surface area contributed by atoms with Crippen LogP contribution in [0.4, 0.5) is 10.5 Å². The zero-order valence-electron chi connectivity index (χ0n) is 17.6. The molecule has 8 nitrogen and oxygen atoms in total. The number of halogens is 1. The van der Waals surface area contributed by atoms with Gasteiger partial charge in [0.2, 0.25) is 5.91 Å². The lowest BCUT2D eigenvalue weighted by molar-refractivity contribution is -0.133. The first-order valence-corrected chi connectivity index (χ1v) is 10.5. The quantitative estimate of drug-likeness (QED) is 0.680. The first-order chi connectivity index (χ1) is 15.0. The molecule has 3 rings (SSSR count). The summed E-state index contributed by atoms with van der Waals surface area (Å²) in [6.45, 7) is 1.40. The summed E-state index contributed by atoms with van der Waals surface area (Å²) < 4.78 is 10.2. The van der Waals surface area contributed by atoms with Crippen LogP contribution in [0.25, 0.3) is 0 Å². The first-order valence-electron chi connectivity index (χ1n) is 10.1. The zero-order chi connectivity index (χ0) is 22.2. The Morgan fingerprint density at radius 2 is 1.97 bits per heavy atom. The van der Waals surface area contributed by atoms with E-state index in [1.54, 1.807) is 44.7 Å². The average Bonchev–Trinajstić information content (AvgIpc) is 2.79. The molecular formula is C22H27ClN4O4. The number of benzene rings is 1. The molecule has 1 aromatic carbocycles. The van der Waals surface area contributed by atoms with Gasteiger partial charge in [-0.15, -0.1) is 0 Å². The van der Waals surface area contributed by atoms with E-state index in [9.17, 15) is 9.59 Å². The summed E-state index contributed by atoms with van der Waals surface area (Å²) in [5.74, 6) is 0.532. The molecule has 1 aromatic heterocycles. The molecule has 3 amide bonds. The predicted molar refractivity (Wildman–Crippen MR) is 119 cm³/mol. The summed E-state index contributed by atoms with van der Waals surface area (Å²) in [5, 5.41) is 6.47. The van der Waals surface area contributed by atoms with E-state index >= 15 is 0 Å². The summed E-state index contributed by atoms with van der Waals surface area (Å²) >= 11 is 5.90. The fraction of sp³-hybridized carbons (Fsp3) is 0.409. The van der Waals surface area contributed by atoms with Gasteiger partial charge in [-0.3, -0.25) is 9.78 Å². The number of likely N-dealkylation sites (tertiary alicyclic amines) is 1. The molecule has 1 fully saturated rings. The van der Waals surface area contributed by atoms with Crippen LogP contribution in [0.1, 0.15) is 24.5 Å². The molecule has 0 saturated carbocycles. The summed E-state index contributed by atoms with van der Waals surface area (Å²) in [5.41, 5.74) is 1.44. The smallest absolute Gasteiger partial charge is 0.319 e. The van der Waals surface area contributed by atoms with Gasteiger partial charge in [0.15, 0.2) is 0 Å². The van der Waals surface area contributed by atoms with Crippen LogP contribution in [0.5, 0.6) is 5.75 Å². The first kappa shape index (κ1) is 22.8. The third-order valence-corrected chi connectivity index (χ3v) is 5.53. The number of anilines is 1. The second-order valence-corrected chi connectivity index (χ2v) is 7.75. The number of hydrogen-bond acceptors (Lipinski definition) is 5. The Balaban J connectivity index is 1.72. The number of aromatic nitrogens is 1. The Hall–Kier alpha value is -2.84. The molecule has 2 N–H and O–H groups in total.